The first kappa shape index (κ1) is 27.6. The quantitative estimate of drug-likeness (QED) is 0.176. The Kier molecular flexibility index (Phi) is 6.61. The molecular formula is C43H26BrN3. The smallest absolute Gasteiger partial charge is 0.0900 e. The lowest BCUT2D eigenvalue weighted by atomic mass is 9.83. The van der Waals surface area contributed by atoms with E-state index in [1.54, 1.807) is 0 Å². The molecule has 4 heteroatoms. The zero-order valence-electron chi connectivity index (χ0n) is 25.2. The highest BCUT2D eigenvalue weighted by Crippen LogP contribution is 2.49. The van der Waals surface area contributed by atoms with Crippen LogP contribution in [0.3, 0.4) is 0 Å². The van der Waals surface area contributed by atoms with Gasteiger partial charge < -0.3 is 0 Å². The van der Waals surface area contributed by atoms with Crippen LogP contribution in [0.25, 0.3) is 88.1 Å². The Bertz CT molecular complexity index is 2460. The van der Waals surface area contributed by atoms with Gasteiger partial charge >= 0.3 is 0 Å². The molecule has 0 fully saturated rings. The maximum Gasteiger partial charge on any atom is 0.0900 e. The third kappa shape index (κ3) is 4.52. The number of nitrogens with zero attached hydrogens (tertiary/aromatic N) is 3. The van der Waals surface area contributed by atoms with Crippen LogP contribution in [0.1, 0.15) is 0 Å². The first-order valence-electron chi connectivity index (χ1n) is 15.6. The van der Waals surface area contributed by atoms with Crippen molar-refractivity contribution in [3.8, 4) is 45.0 Å². The van der Waals surface area contributed by atoms with Crippen LogP contribution in [0.2, 0.25) is 0 Å². The molecule has 0 bridgehead atoms. The topological polar surface area (TPSA) is 38.7 Å². The lowest BCUT2D eigenvalue weighted by molar-refractivity contribution is 1.22. The number of aromatic nitrogens is 3. The predicted octanol–water partition coefficient (Wildman–Crippen LogP) is 11.9. The van der Waals surface area contributed by atoms with Crippen molar-refractivity contribution in [1.29, 1.82) is 0 Å². The molecule has 6 aromatic carbocycles. The summed E-state index contributed by atoms with van der Waals surface area (Å²) in [5, 5.41) is 9.62. The van der Waals surface area contributed by atoms with Gasteiger partial charge in [-0.1, -0.05) is 109 Å². The highest BCUT2D eigenvalue weighted by Gasteiger charge is 2.22. The van der Waals surface area contributed by atoms with Crippen LogP contribution in [-0.2, 0) is 0 Å². The fraction of sp³-hybridized carbons (Fsp3) is 0. The first-order valence-corrected chi connectivity index (χ1v) is 16.4. The molecule has 3 aromatic heterocycles. The number of hydrogen-bond donors (Lipinski definition) is 0. The third-order valence-electron chi connectivity index (χ3n) is 9.02. The van der Waals surface area contributed by atoms with E-state index in [1.165, 1.54) is 59.8 Å². The monoisotopic (exact) mass is 663 g/mol. The maximum atomic E-state index is 5.07. The molecule has 0 spiro atoms. The van der Waals surface area contributed by atoms with Crippen molar-refractivity contribution >= 4 is 59.0 Å². The Morgan fingerprint density at radius 1 is 0.340 bits per heavy atom. The highest BCUT2D eigenvalue weighted by atomic mass is 79.9. The van der Waals surface area contributed by atoms with Crippen molar-refractivity contribution in [2.75, 3.05) is 0 Å². The van der Waals surface area contributed by atoms with Crippen LogP contribution in [0, 0.1) is 0 Å². The van der Waals surface area contributed by atoms with E-state index in [9.17, 15) is 0 Å². The summed E-state index contributed by atoms with van der Waals surface area (Å²) in [4.78, 5) is 14.4. The van der Waals surface area contributed by atoms with E-state index < -0.39 is 0 Å². The Balaban J connectivity index is 1.44. The first-order chi connectivity index (χ1) is 23.3. The summed E-state index contributed by atoms with van der Waals surface area (Å²) in [5.74, 6) is 0. The van der Waals surface area contributed by atoms with Gasteiger partial charge in [-0.3, -0.25) is 9.97 Å². The molecule has 9 rings (SSSR count). The zero-order chi connectivity index (χ0) is 31.3. The van der Waals surface area contributed by atoms with Gasteiger partial charge in [-0.2, -0.15) is 0 Å². The lowest BCUT2D eigenvalue weighted by Gasteiger charge is -2.21. The van der Waals surface area contributed by atoms with E-state index in [0.717, 1.165) is 32.8 Å². The standard InChI is InChI=1S/C43H26BrN3/c44-43-34-19-7-5-17-32(34)42(33-18-6-8-20-35(33)43)41-30-15-3-1-13-28(30)40(29-14-2-4-16-31(29)41)27-25-38(36-21-9-11-23-45-36)47-39(26-27)37-22-10-12-24-46-37/h1-26H. The Labute approximate surface area is 280 Å². The molecular weight excluding hydrogens is 638 g/mol. The zero-order valence-corrected chi connectivity index (χ0v) is 26.8. The minimum absolute atomic E-state index is 0.811. The minimum atomic E-state index is 0.811. The number of rotatable bonds is 4. The van der Waals surface area contributed by atoms with E-state index in [2.05, 4.69) is 135 Å². The average Bonchev–Trinajstić information content (AvgIpc) is 3.15. The van der Waals surface area contributed by atoms with Crippen molar-refractivity contribution < 1.29 is 0 Å². The van der Waals surface area contributed by atoms with Gasteiger partial charge in [0.1, 0.15) is 0 Å². The van der Waals surface area contributed by atoms with Crippen LogP contribution >= 0.6 is 15.9 Å². The van der Waals surface area contributed by atoms with Gasteiger partial charge in [-0.05, 0) is 118 Å². The van der Waals surface area contributed by atoms with Crippen molar-refractivity contribution in [2.45, 2.75) is 0 Å². The van der Waals surface area contributed by atoms with Gasteiger partial charge in [-0.15, -0.1) is 0 Å². The minimum Gasteiger partial charge on any atom is -0.255 e. The predicted molar refractivity (Wildman–Crippen MR) is 199 cm³/mol. The molecule has 0 amide bonds. The highest BCUT2D eigenvalue weighted by molar-refractivity contribution is 9.10. The molecule has 9 aromatic rings. The van der Waals surface area contributed by atoms with E-state index in [-0.39, 0.29) is 0 Å². The van der Waals surface area contributed by atoms with E-state index >= 15 is 0 Å². The maximum absolute atomic E-state index is 5.07. The van der Waals surface area contributed by atoms with Crippen LogP contribution in [0.5, 0.6) is 0 Å². The number of benzene rings is 6. The number of pyridine rings is 3. The SMILES string of the molecule is Brc1c2ccccc2c(-c2c3ccccc3c(-c3cc(-c4ccccn4)nc(-c4ccccn4)c3)c3ccccc23)c2ccccc12. The second-order valence-electron chi connectivity index (χ2n) is 11.7. The van der Waals surface area contributed by atoms with Crippen LogP contribution < -0.4 is 0 Å². The third-order valence-corrected chi connectivity index (χ3v) is 9.87. The molecule has 0 aliphatic heterocycles. The van der Waals surface area contributed by atoms with Crippen molar-refractivity contribution in [1.82, 2.24) is 15.0 Å². The summed E-state index contributed by atoms with van der Waals surface area (Å²) in [6, 6.07) is 51.3. The Morgan fingerprint density at radius 3 is 1.06 bits per heavy atom. The lowest BCUT2D eigenvalue weighted by Crippen LogP contribution is -1.96. The molecule has 3 nitrogen and oxygen atoms in total. The van der Waals surface area contributed by atoms with E-state index in [0.29, 0.717) is 0 Å². The summed E-state index contributed by atoms with van der Waals surface area (Å²) >= 11 is 3.97. The summed E-state index contributed by atoms with van der Waals surface area (Å²) in [7, 11) is 0. The summed E-state index contributed by atoms with van der Waals surface area (Å²) < 4.78 is 1.12. The van der Waals surface area contributed by atoms with Crippen LogP contribution in [0.4, 0.5) is 0 Å². The van der Waals surface area contributed by atoms with E-state index in [4.69, 9.17) is 4.98 Å². The Hall–Kier alpha value is -5.71. The van der Waals surface area contributed by atoms with Gasteiger partial charge in [0.15, 0.2) is 0 Å². The number of fused-ring (bicyclic) bond motifs is 4. The fourth-order valence-electron chi connectivity index (χ4n) is 7.02. The largest absolute Gasteiger partial charge is 0.255 e. The van der Waals surface area contributed by atoms with Gasteiger partial charge in [0.2, 0.25) is 0 Å². The molecule has 0 unspecified atom stereocenters. The van der Waals surface area contributed by atoms with Gasteiger partial charge in [0.05, 0.1) is 22.8 Å². The second kappa shape index (κ2) is 11.3. The van der Waals surface area contributed by atoms with Gasteiger partial charge in [0, 0.05) is 16.9 Å². The van der Waals surface area contributed by atoms with Crippen molar-refractivity contribution in [3.05, 3.63) is 162 Å². The number of halogens is 1. The molecule has 0 aliphatic carbocycles. The summed E-state index contributed by atoms with van der Waals surface area (Å²) in [5.41, 5.74) is 8.00. The molecule has 47 heavy (non-hydrogen) atoms. The average molecular weight is 665 g/mol. The summed E-state index contributed by atoms with van der Waals surface area (Å²) in [6.07, 6.45) is 3.63. The van der Waals surface area contributed by atoms with Crippen LogP contribution in [0.15, 0.2) is 162 Å². The molecule has 0 atom stereocenters. The molecule has 220 valence electrons. The molecule has 0 aliphatic rings. The normalized spacial score (nSPS) is 11.5. The Morgan fingerprint density at radius 2 is 0.681 bits per heavy atom. The second-order valence-corrected chi connectivity index (χ2v) is 12.5. The van der Waals surface area contributed by atoms with Gasteiger partial charge in [0.25, 0.3) is 0 Å². The molecule has 3 heterocycles. The van der Waals surface area contributed by atoms with E-state index in [1.807, 2.05) is 48.8 Å². The van der Waals surface area contributed by atoms with Crippen molar-refractivity contribution in [2.24, 2.45) is 0 Å². The molecule has 0 radical (unpaired) electrons. The molecule has 0 saturated carbocycles. The van der Waals surface area contributed by atoms with Gasteiger partial charge in [-0.25, -0.2) is 4.98 Å². The molecule has 0 N–H and O–H groups in total. The summed E-state index contributed by atoms with van der Waals surface area (Å²) in [6.45, 7) is 0. The molecule has 0 saturated heterocycles. The van der Waals surface area contributed by atoms with Crippen LogP contribution in [-0.4, -0.2) is 15.0 Å². The van der Waals surface area contributed by atoms with Crippen molar-refractivity contribution in [3.63, 3.8) is 0 Å². The fourth-order valence-corrected chi connectivity index (χ4v) is 7.71. The number of hydrogen-bond acceptors (Lipinski definition) is 3.